The van der Waals surface area contributed by atoms with E-state index in [4.69, 9.17) is 0 Å². The van der Waals surface area contributed by atoms with Gasteiger partial charge in [0, 0.05) is 22.6 Å². The van der Waals surface area contributed by atoms with Crippen molar-refractivity contribution in [3.05, 3.63) is 63.8 Å². The fourth-order valence-corrected chi connectivity index (χ4v) is 2.86. The van der Waals surface area contributed by atoms with E-state index in [1.54, 1.807) is 18.2 Å². The van der Waals surface area contributed by atoms with Crippen LogP contribution in [0, 0.1) is 23.0 Å². The zero-order valence-electron chi connectivity index (χ0n) is 12.0. The normalized spacial score (nSPS) is 10.7. The standard InChI is InChI=1S/C17H10F2N2OS/c1-23-11-3-2-9(8-20)12(6-11)14-7-16(22)17-13(19)4-10(18)5-15(17)21-14/h2-7H,1H3,(H,21,22). The topological polar surface area (TPSA) is 56.6 Å². The summed E-state index contributed by atoms with van der Waals surface area (Å²) in [6.45, 7) is 0. The Bertz CT molecular complexity index is 1020. The first-order chi connectivity index (χ1) is 11.0. The highest BCUT2D eigenvalue weighted by Gasteiger charge is 2.13. The van der Waals surface area contributed by atoms with Gasteiger partial charge in [-0.25, -0.2) is 8.78 Å². The van der Waals surface area contributed by atoms with E-state index in [1.165, 1.54) is 17.8 Å². The highest BCUT2D eigenvalue weighted by Crippen LogP contribution is 2.27. The number of benzene rings is 2. The largest absolute Gasteiger partial charge is 0.354 e. The molecule has 0 aliphatic heterocycles. The minimum absolute atomic E-state index is 0.0587. The molecular weight excluding hydrogens is 318 g/mol. The lowest BCUT2D eigenvalue weighted by atomic mass is 10.0. The van der Waals surface area contributed by atoms with E-state index >= 15 is 0 Å². The quantitative estimate of drug-likeness (QED) is 0.722. The Hall–Kier alpha value is -2.65. The van der Waals surface area contributed by atoms with Gasteiger partial charge >= 0.3 is 0 Å². The van der Waals surface area contributed by atoms with E-state index < -0.39 is 17.1 Å². The molecule has 0 unspecified atom stereocenters. The number of nitriles is 1. The summed E-state index contributed by atoms with van der Waals surface area (Å²) in [6, 6.07) is 10.2. The van der Waals surface area contributed by atoms with Gasteiger partial charge in [-0.3, -0.25) is 4.79 Å². The molecule has 0 spiro atoms. The van der Waals surface area contributed by atoms with Crippen LogP contribution in [-0.4, -0.2) is 11.2 Å². The number of aromatic nitrogens is 1. The average molecular weight is 328 g/mol. The van der Waals surface area contributed by atoms with Crippen LogP contribution >= 0.6 is 11.8 Å². The molecule has 0 bridgehead atoms. The molecule has 23 heavy (non-hydrogen) atoms. The number of nitrogens with one attached hydrogen (secondary N) is 1. The first-order valence-corrected chi connectivity index (χ1v) is 7.86. The Kier molecular flexibility index (Phi) is 3.89. The Labute approximate surface area is 134 Å². The Balaban J connectivity index is 2.34. The molecule has 0 fully saturated rings. The summed E-state index contributed by atoms with van der Waals surface area (Å²) in [6.07, 6.45) is 1.89. The van der Waals surface area contributed by atoms with Crippen LogP contribution < -0.4 is 5.43 Å². The smallest absolute Gasteiger partial charge is 0.192 e. The number of hydrogen-bond donors (Lipinski definition) is 1. The molecule has 1 heterocycles. The summed E-state index contributed by atoms with van der Waals surface area (Å²) in [4.78, 5) is 15.9. The molecule has 0 saturated carbocycles. The summed E-state index contributed by atoms with van der Waals surface area (Å²) in [5.74, 6) is -1.69. The van der Waals surface area contributed by atoms with E-state index in [0.29, 0.717) is 22.9 Å². The third kappa shape index (κ3) is 2.71. The molecule has 114 valence electrons. The van der Waals surface area contributed by atoms with Crippen LogP contribution in [-0.2, 0) is 0 Å². The molecule has 3 aromatic rings. The lowest BCUT2D eigenvalue weighted by Gasteiger charge is -2.09. The zero-order valence-corrected chi connectivity index (χ0v) is 12.8. The minimum Gasteiger partial charge on any atom is -0.354 e. The van der Waals surface area contributed by atoms with Crippen LogP contribution in [0.2, 0.25) is 0 Å². The second kappa shape index (κ2) is 5.86. The third-order valence-corrected chi connectivity index (χ3v) is 4.21. The van der Waals surface area contributed by atoms with Gasteiger partial charge in [-0.15, -0.1) is 11.8 Å². The minimum atomic E-state index is -0.911. The molecule has 1 aromatic heterocycles. The molecule has 1 N–H and O–H groups in total. The van der Waals surface area contributed by atoms with Crippen LogP contribution in [0.4, 0.5) is 8.78 Å². The van der Waals surface area contributed by atoms with Crippen molar-refractivity contribution in [3.63, 3.8) is 0 Å². The number of fused-ring (bicyclic) bond motifs is 1. The van der Waals surface area contributed by atoms with Gasteiger partial charge in [0.2, 0.25) is 0 Å². The molecule has 0 radical (unpaired) electrons. The van der Waals surface area contributed by atoms with Gasteiger partial charge in [-0.05, 0) is 30.5 Å². The van der Waals surface area contributed by atoms with Crippen molar-refractivity contribution in [1.82, 2.24) is 4.98 Å². The van der Waals surface area contributed by atoms with E-state index in [2.05, 4.69) is 11.1 Å². The zero-order chi connectivity index (χ0) is 16.6. The number of pyridine rings is 1. The fraction of sp³-hybridized carbons (Fsp3) is 0.0588. The Morgan fingerprint density at radius 1 is 1.17 bits per heavy atom. The van der Waals surface area contributed by atoms with Gasteiger partial charge in [0.25, 0.3) is 0 Å². The van der Waals surface area contributed by atoms with Crippen LogP contribution in [0.15, 0.2) is 46.1 Å². The third-order valence-electron chi connectivity index (χ3n) is 3.48. The highest BCUT2D eigenvalue weighted by molar-refractivity contribution is 7.98. The number of aromatic amines is 1. The number of nitrogens with zero attached hydrogens (tertiary/aromatic N) is 1. The maximum Gasteiger partial charge on any atom is 0.192 e. The molecular formula is C17H10F2N2OS. The average Bonchev–Trinajstić information content (AvgIpc) is 2.53. The second-order valence-electron chi connectivity index (χ2n) is 4.88. The van der Waals surface area contributed by atoms with Crippen LogP contribution in [0.1, 0.15) is 5.56 Å². The van der Waals surface area contributed by atoms with Crippen molar-refractivity contribution in [2.24, 2.45) is 0 Å². The summed E-state index contributed by atoms with van der Waals surface area (Å²) in [5, 5.41) is 9.05. The molecule has 0 saturated heterocycles. The molecule has 0 aliphatic rings. The summed E-state index contributed by atoms with van der Waals surface area (Å²) >= 11 is 1.49. The van der Waals surface area contributed by atoms with Gasteiger partial charge < -0.3 is 4.98 Å². The first kappa shape index (κ1) is 15.3. The van der Waals surface area contributed by atoms with Crippen LogP contribution in [0.5, 0.6) is 0 Å². The van der Waals surface area contributed by atoms with Gasteiger partial charge in [0.15, 0.2) is 5.43 Å². The Morgan fingerprint density at radius 3 is 2.65 bits per heavy atom. The number of hydrogen-bond acceptors (Lipinski definition) is 3. The van der Waals surface area contributed by atoms with Gasteiger partial charge in [-0.2, -0.15) is 5.26 Å². The molecule has 0 aliphatic carbocycles. The Morgan fingerprint density at radius 2 is 1.96 bits per heavy atom. The SMILES string of the molecule is CSc1ccc(C#N)c(-c2cc(=O)c3c(F)cc(F)cc3[nH]2)c1. The lowest BCUT2D eigenvalue weighted by molar-refractivity contribution is 0.591. The van der Waals surface area contributed by atoms with Crippen LogP contribution in [0.25, 0.3) is 22.2 Å². The monoisotopic (exact) mass is 328 g/mol. The maximum absolute atomic E-state index is 13.8. The van der Waals surface area contributed by atoms with Crippen molar-refractivity contribution in [1.29, 1.82) is 5.26 Å². The molecule has 3 rings (SSSR count). The van der Waals surface area contributed by atoms with E-state index in [0.717, 1.165) is 11.0 Å². The molecule has 3 nitrogen and oxygen atoms in total. The first-order valence-electron chi connectivity index (χ1n) is 6.64. The fourth-order valence-electron chi connectivity index (χ4n) is 2.42. The number of thioether (sulfide) groups is 1. The number of H-pyrrole nitrogens is 1. The molecule has 0 atom stereocenters. The van der Waals surface area contributed by atoms with Gasteiger partial charge in [0.1, 0.15) is 11.6 Å². The number of rotatable bonds is 2. The molecule has 2 aromatic carbocycles. The van der Waals surface area contributed by atoms with E-state index in [9.17, 15) is 18.8 Å². The second-order valence-corrected chi connectivity index (χ2v) is 5.76. The van der Waals surface area contributed by atoms with Gasteiger partial charge in [0.05, 0.1) is 28.2 Å². The molecule has 6 heteroatoms. The predicted molar refractivity (Wildman–Crippen MR) is 86.4 cm³/mol. The van der Waals surface area contributed by atoms with Crippen molar-refractivity contribution in [3.8, 4) is 17.3 Å². The van der Waals surface area contributed by atoms with Crippen molar-refractivity contribution >= 4 is 22.7 Å². The summed E-state index contributed by atoms with van der Waals surface area (Å²) in [7, 11) is 0. The lowest BCUT2D eigenvalue weighted by Crippen LogP contribution is -2.06. The van der Waals surface area contributed by atoms with Gasteiger partial charge in [-0.1, -0.05) is 0 Å². The van der Waals surface area contributed by atoms with Crippen LogP contribution in [0.3, 0.4) is 0 Å². The predicted octanol–water partition coefficient (Wildman–Crippen LogP) is 4.07. The summed E-state index contributed by atoms with van der Waals surface area (Å²) in [5.41, 5.74) is 0.728. The van der Waals surface area contributed by atoms with Crippen molar-refractivity contribution < 1.29 is 8.78 Å². The summed E-state index contributed by atoms with van der Waals surface area (Å²) < 4.78 is 27.2. The molecule has 0 amide bonds. The van der Waals surface area contributed by atoms with Crippen molar-refractivity contribution in [2.75, 3.05) is 6.26 Å². The van der Waals surface area contributed by atoms with E-state index in [1.807, 2.05) is 6.26 Å². The maximum atomic E-state index is 13.8. The van der Waals surface area contributed by atoms with E-state index in [-0.39, 0.29) is 10.9 Å². The van der Waals surface area contributed by atoms with Crippen molar-refractivity contribution in [2.45, 2.75) is 4.90 Å². The number of halogens is 2. The highest BCUT2D eigenvalue weighted by atomic mass is 32.2.